The Morgan fingerprint density at radius 1 is 1.25 bits per heavy atom. The third kappa shape index (κ3) is 5.86. The highest BCUT2D eigenvalue weighted by molar-refractivity contribution is 8.00. The van der Waals surface area contributed by atoms with Gasteiger partial charge in [0.25, 0.3) is 0 Å². The predicted octanol–water partition coefficient (Wildman–Crippen LogP) is 3.20. The molecular formula is C19H28N2O2S. The molecular weight excluding hydrogens is 320 g/mol. The summed E-state index contributed by atoms with van der Waals surface area (Å²) in [6, 6.07) is 8.43. The molecule has 0 unspecified atom stereocenters. The molecule has 0 spiro atoms. The van der Waals surface area contributed by atoms with Gasteiger partial charge in [-0.15, -0.1) is 11.8 Å². The fourth-order valence-corrected chi connectivity index (χ4v) is 3.42. The molecule has 1 fully saturated rings. The van der Waals surface area contributed by atoms with Crippen molar-refractivity contribution in [1.82, 2.24) is 10.2 Å². The largest absolute Gasteiger partial charge is 0.355 e. The molecule has 132 valence electrons. The van der Waals surface area contributed by atoms with E-state index in [9.17, 15) is 9.59 Å². The van der Waals surface area contributed by atoms with E-state index in [0.29, 0.717) is 18.7 Å². The predicted molar refractivity (Wildman–Crippen MR) is 99.3 cm³/mol. The zero-order valence-electron chi connectivity index (χ0n) is 14.9. The lowest BCUT2D eigenvalue weighted by Gasteiger charge is -2.19. The first-order valence-electron chi connectivity index (χ1n) is 8.64. The molecule has 1 aliphatic rings. The molecule has 1 aromatic carbocycles. The minimum atomic E-state index is 0.0487. The second-order valence-corrected chi connectivity index (χ2v) is 8.30. The maximum absolute atomic E-state index is 11.9. The fraction of sp³-hybridized carbons (Fsp3) is 0.579. The van der Waals surface area contributed by atoms with E-state index in [2.05, 4.69) is 50.4 Å². The molecule has 1 heterocycles. The van der Waals surface area contributed by atoms with Gasteiger partial charge in [0.1, 0.15) is 0 Å². The summed E-state index contributed by atoms with van der Waals surface area (Å²) in [7, 11) is 0. The number of likely N-dealkylation sites (tertiary alicyclic amines) is 1. The smallest absolute Gasteiger partial charge is 0.230 e. The number of benzene rings is 1. The Hall–Kier alpha value is -1.49. The summed E-state index contributed by atoms with van der Waals surface area (Å²) in [5, 5.41) is 2.93. The molecule has 0 aliphatic carbocycles. The summed E-state index contributed by atoms with van der Waals surface area (Å²) in [5.74, 6) is 0.723. The molecule has 0 atom stereocenters. The number of carbonyl (C=O) groups excluding carboxylic acids is 2. The SMILES string of the molecule is CC(C)(C)c1ccc(SCC(=O)NCCCN2CCCC2=O)cc1. The number of rotatable bonds is 7. The maximum Gasteiger partial charge on any atom is 0.230 e. The fourth-order valence-electron chi connectivity index (χ4n) is 2.69. The zero-order chi connectivity index (χ0) is 17.6. The number of amides is 2. The lowest BCUT2D eigenvalue weighted by atomic mass is 9.87. The van der Waals surface area contributed by atoms with Crippen LogP contribution in [0.2, 0.25) is 0 Å². The molecule has 0 saturated carbocycles. The van der Waals surface area contributed by atoms with Crippen LogP contribution in [0, 0.1) is 0 Å². The van der Waals surface area contributed by atoms with Crippen LogP contribution in [0.4, 0.5) is 0 Å². The van der Waals surface area contributed by atoms with Gasteiger partial charge in [-0.05, 0) is 36.0 Å². The number of carbonyl (C=O) groups is 2. The number of nitrogens with zero attached hydrogens (tertiary/aromatic N) is 1. The van der Waals surface area contributed by atoms with Crippen molar-refractivity contribution in [3.05, 3.63) is 29.8 Å². The van der Waals surface area contributed by atoms with Gasteiger partial charge in [0.05, 0.1) is 5.75 Å². The topological polar surface area (TPSA) is 49.4 Å². The third-order valence-electron chi connectivity index (χ3n) is 4.19. The lowest BCUT2D eigenvalue weighted by Crippen LogP contribution is -2.31. The molecule has 0 bridgehead atoms. The van der Waals surface area contributed by atoms with E-state index in [0.717, 1.165) is 30.8 Å². The molecule has 1 aromatic rings. The number of hydrogen-bond donors (Lipinski definition) is 1. The van der Waals surface area contributed by atoms with E-state index >= 15 is 0 Å². The Balaban J connectivity index is 1.63. The molecule has 24 heavy (non-hydrogen) atoms. The van der Waals surface area contributed by atoms with Crippen LogP contribution in [-0.2, 0) is 15.0 Å². The summed E-state index contributed by atoms with van der Waals surface area (Å²) in [5.41, 5.74) is 1.45. The summed E-state index contributed by atoms with van der Waals surface area (Å²) in [6.07, 6.45) is 2.47. The van der Waals surface area contributed by atoms with E-state index in [1.807, 2.05) is 4.90 Å². The summed E-state index contributed by atoms with van der Waals surface area (Å²) < 4.78 is 0. The Morgan fingerprint density at radius 2 is 1.96 bits per heavy atom. The highest BCUT2D eigenvalue weighted by Crippen LogP contribution is 2.25. The molecule has 0 radical (unpaired) electrons. The molecule has 2 rings (SSSR count). The normalized spacial score (nSPS) is 15.0. The third-order valence-corrected chi connectivity index (χ3v) is 5.20. The van der Waals surface area contributed by atoms with Crippen LogP contribution in [0.25, 0.3) is 0 Å². The molecule has 4 nitrogen and oxygen atoms in total. The molecule has 0 aromatic heterocycles. The monoisotopic (exact) mass is 348 g/mol. The second kappa shape index (κ2) is 8.56. The summed E-state index contributed by atoms with van der Waals surface area (Å²) >= 11 is 1.56. The Bertz CT molecular complexity index is 564. The van der Waals surface area contributed by atoms with Crippen molar-refractivity contribution in [3.63, 3.8) is 0 Å². The van der Waals surface area contributed by atoms with Crippen molar-refractivity contribution in [2.24, 2.45) is 0 Å². The standard InChI is InChI=1S/C19H28N2O2S/c1-19(2,3)15-7-9-16(10-8-15)24-14-17(22)20-11-5-13-21-12-4-6-18(21)23/h7-10H,4-6,11-14H2,1-3H3,(H,20,22). The Morgan fingerprint density at radius 3 is 2.54 bits per heavy atom. The van der Waals surface area contributed by atoms with Crippen LogP contribution in [-0.4, -0.2) is 42.1 Å². The van der Waals surface area contributed by atoms with Gasteiger partial charge in [-0.3, -0.25) is 9.59 Å². The van der Waals surface area contributed by atoms with E-state index in [1.54, 1.807) is 11.8 Å². The number of nitrogens with one attached hydrogen (secondary N) is 1. The van der Waals surface area contributed by atoms with Crippen LogP contribution >= 0.6 is 11.8 Å². The Labute approximate surface area is 149 Å². The summed E-state index contributed by atoms with van der Waals surface area (Å²) in [4.78, 5) is 26.4. The highest BCUT2D eigenvalue weighted by Gasteiger charge is 2.19. The van der Waals surface area contributed by atoms with Crippen molar-refractivity contribution in [1.29, 1.82) is 0 Å². The van der Waals surface area contributed by atoms with Gasteiger partial charge in [0.2, 0.25) is 11.8 Å². The first kappa shape index (κ1) is 18.8. The highest BCUT2D eigenvalue weighted by atomic mass is 32.2. The molecule has 2 amide bonds. The van der Waals surface area contributed by atoms with E-state index < -0.39 is 0 Å². The van der Waals surface area contributed by atoms with Crippen molar-refractivity contribution in [2.75, 3.05) is 25.4 Å². The molecule has 1 N–H and O–H groups in total. The Kier molecular flexibility index (Phi) is 6.72. The zero-order valence-corrected chi connectivity index (χ0v) is 15.7. The van der Waals surface area contributed by atoms with Gasteiger partial charge in [0, 0.05) is 31.0 Å². The van der Waals surface area contributed by atoms with Crippen molar-refractivity contribution in [2.45, 2.75) is 50.3 Å². The van der Waals surface area contributed by atoms with Crippen molar-refractivity contribution < 1.29 is 9.59 Å². The van der Waals surface area contributed by atoms with Crippen LogP contribution in [0.15, 0.2) is 29.2 Å². The average molecular weight is 349 g/mol. The van der Waals surface area contributed by atoms with Crippen molar-refractivity contribution >= 4 is 23.6 Å². The van der Waals surface area contributed by atoms with Crippen LogP contribution in [0.1, 0.15) is 45.6 Å². The van der Waals surface area contributed by atoms with Crippen LogP contribution < -0.4 is 5.32 Å². The van der Waals surface area contributed by atoms with Gasteiger partial charge >= 0.3 is 0 Å². The van der Waals surface area contributed by atoms with E-state index in [4.69, 9.17) is 0 Å². The van der Waals surface area contributed by atoms with Gasteiger partial charge < -0.3 is 10.2 Å². The first-order valence-corrected chi connectivity index (χ1v) is 9.62. The number of hydrogen-bond acceptors (Lipinski definition) is 3. The number of thioether (sulfide) groups is 1. The minimum absolute atomic E-state index is 0.0487. The van der Waals surface area contributed by atoms with Gasteiger partial charge in [-0.25, -0.2) is 0 Å². The van der Waals surface area contributed by atoms with E-state index in [-0.39, 0.29) is 17.2 Å². The molecule has 5 heteroatoms. The van der Waals surface area contributed by atoms with Crippen molar-refractivity contribution in [3.8, 4) is 0 Å². The van der Waals surface area contributed by atoms with E-state index in [1.165, 1.54) is 5.56 Å². The quantitative estimate of drug-likeness (QED) is 0.608. The first-order chi connectivity index (χ1) is 11.4. The molecule has 1 aliphatic heterocycles. The maximum atomic E-state index is 11.9. The second-order valence-electron chi connectivity index (χ2n) is 7.25. The van der Waals surface area contributed by atoms with Gasteiger partial charge in [0.15, 0.2) is 0 Å². The van der Waals surface area contributed by atoms with Crippen LogP contribution in [0.5, 0.6) is 0 Å². The van der Waals surface area contributed by atoms with Crippen LogP contribution in [0.3, 0.4) is 0 Å². The molecule has 1 saturated heterocycles. The average Bonchev–Trinajstić information content (AvgIpc) is 2.94. The van der Waals surface area contributed by atoms with Gasteiger partial charge in [-0.1, -0.05) is 32.9 Å². The minimum Gasteiger partial charge on any atom is -0.355 e. The van der Waals surface area contributed by atoms with Gasteiger partial charge in [-0.2, -0.15) is 0 Å². The lowest BCUT2D eigenvalue weighted by molar-refractivity contribution is -0.127. The summed E-state index contributed by atoms with van der Waals surface area (Å²) in [6.45, 7) is 8.83.